The Bertz CT molecular complexity index is 565. The average molecular weight is 293 g/mol. The van der Waals surface area contributed by atoms with Gasteiger partial charge in [-0.1, -0.05) is 18.5 Å². The van der Waals surface area contributed by atoms with Crippen LogP contribution in [0.2, 0.25) is 5.02 Å². The Kier molecular flexibility index (Phi) is 5.10. The predicted molar refractivity (Wildman–Crippen MR) is 84.4 cm³/mol. The predicted octanol–water partition coefficient (Wildman–Crippen LogP) is 3.99. The van der Waals surface area contributed by atoms with Crippen LogP contribution in [0.15, 0.2) is 34.7 Å². The van der Waals surface area contributed by atoms with Crippen LogP contribution in [-0.4, -0.2) is 13.6 Å². The van der Waals surface area contributed by atoms with E-state index in [9.17, 15) is 0 Å². The van der Waals surface area contributed by atoms with E-state index >= 15 is 0 Å². The Morgan fingerprint density at radius 1 is 1.25 bits per heavy atom. The van der Waals surface area contributed by atoms with E-state index in [1.807, 2.05) is 31.2 Å². The third-order valence-electron chi connectivity index (χ3n) is 3.21. The molecule has 3 nitrogen and oxygen atoms in total. The molecule has 1 heterocycles. The number of furan rings is 1. The maximum Gasteiger partial charge on any atom is 0.123 e. The Hall–Kier alpha value is -1.45. The number of nitrogens with one attached hydrogen (secondary N) is 1. The lowest BCUT2D eigenvalue weighted by Crippen LogP contribution is -2.20. The molecule has 0 saturated carbocycles. The van der Waals surface area contributed by atoms with Crippen molar-refractivity contribution in [2.75, 3.05) is 18.5 Å². The maximum absolute atomic E-state index is 6.10. The second-order valence-electron chi connectivity index (χ2n) is 4.92. The third kappa shape index (κ3) is 3.78. The largest absolute Gasteiger partial charge is 0.464 e. The molecule has 2 rings (SSSR count). The van der Waals surface area contributed by atoms with E-state index in [-0.39, 0.29) is 0 Å². The minimum Gasteiger partial charge on any atom is -0.464 e. The summed E-state index contributed by atoms with van der Waals surface area (Å²) in [5.74, 6) is 1.91. The van der Waals surface area contributed by atoms with Gasteiger partial charge in [0.15, 0.2) is 0 Å². The van der Waals surface area contributed by atoms with Crippen molar-refractivity contribution in [2.24, 2.45) is 0 Å². The second-order valence-corrected chi connectivity index (χ2v) is 5.36. The maximum atomic E-state index is 6.10. The Morgan fingerprint density at radius 2 is 2.05 bits per heavy atom. The highest BCUT2D eigenvalue weighted by Crippen LogP contribution is 2.25. The minimum absolute atomic E-state index is 0.745. The highest BCUT2D eigenvalue weighted by Gasteiger charge is 2.10. The molecule has 0 fully saturated rings. The van der Waals surface area contributed by atoms with Crippen molar-refractivity contribution in [3.8, 4) is 0 Å². The topological polar surface area (TPSA) is 28.4 Å². The number of benzene rings is 1. The van der Waals surface area contributed by atoms with Gasteiger partial charge >= 0.3 is 0 Å². The minimum atomic E-state index is 0.745. The highest BCUT2D eigenvalue weighted by atomic mass is 35.5. The van der Waals surface area contributed by atoms with Crippen LogP contribution in [0.25, 0.3) is 0 Å². The first-order valence-corrected chi connectivity index (χ1v) is 7.23. The average Bonchev–Trinajstić information content (AvgIpc) is 2.81. The summed E-state index contributed by atoms with van der Waals surface area (Å²) in [5, 5.41) is 4.11. The molecule has 20 heavy (non-hydrogen) atoms. The monoisotopic (exact) mass is 292 g/mol. The highest BCUT2D eigenvalue weighted by molar-refractivity contribution is 6.30. The number of halogens is 1. The number of anilines is 1. The van der Waals surface area contributed by atoms with E-state index in [0.29, 0.717) is 0 Å². The summed E-state index contributed by atoms with van der Waals surface area (Å²) in [4.78, 5) is 2.18. The summed E-state index contributed by atoms with van der Waals surface area (Å²) in [6.07, 6.45) is 0. The van der Waals surface area contributed by atoms with Gasteiger partial charge < -0.3 is 14.6 Å². The number of aryl methyl sites for hydroxylation is 1. The van der Waals surface area contributed by atoms with Crippen LogP contribution in [0.4, 0.5) is 5.69 Å². The van der Waals surface area contributed by atoms with Gasteiger partial charge in [0.1, 0.15) is 11.5 Å². The Balaban J connectivity index is 2.17. The zero-order chi connectivity index (χ0) is 14.5. The first kappa shape index (κ1) is 14.9. The molecule has 4 heteroatoms. The van der Waals surface area contributed by atoms with Crippen molar-refractivity contribution < 1.29 is 4.42 Å². The van der Waals surface area contributed by atoms with E-state index < -0.39 is 0 Å². The van der Waals surface area contributed by atoms with E-state index in [2.05, 4.69) is 30.3 Å². The Morgan fingerprint density at radius 3 is 2.70 bits per heavy atom. The zero-order valence-corrected chi connectivity index (χ0v) is 13.0. The summed E-state index contributed by atoms with van der Waals surface area (Å²) in [6, 6.07) is 10.0. The number of rotatable bonds is 6. The van der Waals surface area contributed by atoms with Crippen LogP contribution in [0.3, 0.4) is 0 Å². The molecule has 2 aromatic rings. The van der Waals surface area contributed by atoms with Gasteiger partial charge in [0.2, 0.25) is 0 Å². The SMILES string of the molecule is CCNCc1cc(Cl)ccc1N(C)Cc1ccc(C)o1. The normalized spacial score (nSPS) is 10.8. The fourth-order valence-electron chi connectivity index (χ4n) is 2.22. The smallest absolute Gasteiger partial charge is 0.123 e. The third-order valence-corrected chi connectivity index (χ3v) is 3.44. The summed E-state index contributed by atoms with van der Waals surface area (Å²) in [7, 11) is 2.07. The molecular weight excluding hydrogens is 272 g/mol. The lowest BCUT2D eigenvalue weighted by atomic mass is 10.1. The van der Waals surface area contributed by atoms with E-state index in [0.717, 1.165) is 36.2 Å². The van der Waals surface area contributed by atoms with Gasteiger partial charge in [-0.3, -0.25) is 0 Å². The Labute approximate surface area is 125 Å². The molecule has 0 aliphatic heterocycles. The lowest BCUT2D eigenvalue weighted by molar-refractivity contribution is 0.481. The first-order chi connectivity index (χ1) is 9.60. The molecule has 0 atom stereocenters. The van der Waals surface area contributed by atoms with Gasteiger partial charge in [0, 0.05) is 24.3 Å². The van der Waals surface area contributed by atoms with Crippen LogP contribution in [0, 0.1) is 6.92 Å². The van der Waals surface area contributed by atoms with Crippen molar-refractivity contribution >= 4 is 17.3 Å². The summed E-state index contributed by atoms with van der Waals surface area (Å²) in [5.41, 5.74) is 2.37. The van der Waals surface area contributed by atoms with Gasteiger partial charge in [-0.15, -0.1) is 0 Å². The molecule has 0 spiro atoms. The van der Waals surface area contributed by atoms with Crippen molar-refractivity contribution in [3.05, 3.63) is 52.4 Å². The molecule has 0 bridgehead atoms. The van der Waals surface area contributed by atoms with Crippen LogP contribution < -0.4 is 10.2 Å². The van der Waals surface area contributed by atoms with Crippen LogP contribution in [-0.2, 0) is 13.1 Å². The number of nitrogens with zero attached hydrogens (tertiary/aromatic N) is 1. The van der Waals surface area contributed by atoms with Gasteiger partial charge in [0.25, 0.3) is 0 Å². The molecule has 0 radical (unpaired) electrons. The van der Waals surface area contributed by atoms with Crippen LogP contribution in [0.5, 0.6) is 0 Å². The fourth-order valence-corrected chi connectivity index (χ4v) is 2.41. The van der Waals surface area contributed by atoms with Crippen molar-refractivity contribution in [1.82, 2.24) is 5.32 Å². The van der Waals surface area contributed by atoms with Crippen LogP contribution in [0.1, 0.15) is 24.0 Å². The number of hydrogen-bond donors (Lipinski definition) is 1. The van der Waals surface area contributed by atoms with Gasteiger partial charge in [-0.05, 0) is 49.4 Å². The molecular formula is C16H21ClN2O. The van der Waals surface area contributed by atoms with Crippen LogP contribution >= 0.6 is 11.6 Å². The van der Waals surface area contributed by atoms with Crippen molar-refractivity contribution in [2.45, 2.75) is 26.9 Å². The molecule has 1 aromatic carbocycles. The van der Waals surface area contributed by atoms with E-state index in [1.54, 1.807) is 0 Å². The number of hydrogen-bond acceptors (Lipinski definition) is 3. The molecule has 1 N–H and O–H groups in total. The molecule has 1 aromatic heterocycles. The molecule has 108 valence electrons. The fraction of sp³-hybridized carbons (Fsp3) is 0.375. The van der Waals surface area contributed by atoms with Crippen molar-refractivity contribution in [3.63, 3.8) is 0 Å². The summed E-state index contributed by atoms with van der Waals surface area (Å²) >= 11 is 6.10. The van der Waals surface area contributed by atoms with Gasteiger partial charge in [0.05, 0.1) is 6.54 Å². The molecule has 0 aliphatic carbocycles. The summed E-state index contributed by atoms with van der Waals surface area (Å²) in [6.45, 7) is 6.55. The first-order valence-electron chi connectivity index (χ1n) is 6.85. The standard InChI is InChI=1S/C16H21ClN2O/c1-4-18-10-13-9-14(17)6-8-16(13)19(3)11-15-7-5-12(2)20-15/h5-9,18H,4,10-11H2,1-3H3. The van der Waals surface area contributed by atoms with E-state index in [4.69, 9.17) is 16.0 Å². The molecule has 0 saturated heterocycles. The lowest BCUT2D eigenvalue weighted by Gasteiger charge is -2.22. The zero-order valence-electron chi connectivity index (χ0n) is 12.2. The van der Waals surface area contributed by atoms with E-state index in [1.165, 1.54) is 11.3 Å². The van der Waals surface area contributed by atoms with Gasteiger partial charge in [-0.2, -0.15) is 0 Å². The molecule has 0 aliphatic rings. The molecule has 0 unspecified atom stereocenters. The quantitative estimate of drug-likeness (QED) is 0.873. The summed E-state index contributed by atoms with van der Waals surface area (Å²) < 4.78 is 5.64. The van der Waals surface area contributed by atoms with Crippen molar-refractivity contribution in [1.29, 1.82) is 0 Å². The molecule has 0 amide bonds. The second kappa shape index (κ2) is 6.82. The van der Waals surface area contributed by atoms with Gasteiger partial charge in [-0.25, -0.2) is 0 Å².